The van der Waals surface area contributed by atoms with Crippen LogP contribution in [-0.2, 0) is 4.79 Å². The van der Waals surface area contributed by atoms with Gasteiger partial charge in [0.15, 0.2) is 0 Å². The van der Waals surface area contributed by atoms with Crippen molar-refractivity contribution in [3.63, 3.8) is 0 Å². The number of nitrogens with zero attached hydrogens (tertiary/aromatic N) is 1. The number of benzene rings is 1. The second kappa shape index (κ2) is 4.46. The largest absolute Gasteiger partial charge is 0.288 e. The topological polar surface area (TPSA) is 32.3 Å². The van der Waals surface area contributed by atoms with Gasteiger partial charge in [0.25, 0.3) is 5.91 Å². The highest BCUT2D eigenvalue weighted by atomic mass is 16.2. The van der Waals surface area contributed by atoms with Gasteiger partial charge in [0.2, 0.25) is 0 Å². The van der Waals surface area contributed by atoms with Gasteiger partial charge in [-0.25, -0.2) is 0 Å². The highest BCUT2D eigenvalue weighted by Gasteiger charge is 2.04. The Morgan fingerprint density at radius 1 is 1.36 bits per heavy atom. The van der Waals surface area contributed by atoms with E-state index in [1.54, 1.807) is 19.0 Å². The van der Waals surface area contributed by atoms with Crippen molar-refractivity contribution >= 4 is 11.6 Å². The average molecular weight is 190 g/mol. The SMILES string of the molecule is C=C(C)C(=O)NN(C)c1ccccc1. The van der Waals surface area contributed by atoms with E-state index in [1.165, 1.54) is 0 Å². The van der Waals surface area contributed by atoms with E-state index in [9.17, 15) is 4.79 Å². The van der Waals surface area contributed by atoms with Crippen molar-refractivity contribution in [2.75, 3.05) is 12.1 Å². The molecule has 0 radical (unpaired) electrons. The molecular weight excluding hydrogens is 176 g/mol. The van der Waals surface area contributed by atoms with Crippen molar-refractivity contribution in [1.29, 1.82) is 0 Å². The Labute approximate surface area is 84.0 Å². The first kappa shape index (κ1) is 10.3. The molecule has 0 spiro atoms. The molecule has 0 saturated heterocycles. The maximum Gasteiger partial charge on any atom is 0.264 e. The molecule has 3 nitrogen and oxygen atoms in total. The van der Waals surface area contributed by atoms with Crippen molar-refractivity contribution < 1.29 is 4.79 Å². The number of nitrogens with one attached hydrogen (secondary N) is 1. The Balaban J connectivity index is 2.64. The molecule has 1 aromatic rings. The van der Waals surface area contributed by atoms with E-state index < -0.39 is 0 Å². The van der Waals surface area contributed by atoms with E-state index in [0.717, 1.165) is 5.69 Å². The molecule has 0 heterocycles. The predicted molar refractivity (Wildman–Crippen MR) is 57.8 cm³/mol. The third kappa shape index (κ3) is 2.62. The fourth-order valence-electron chi connectivity index (χ4n) is 0.964. The molecule has 1 amide bonds. The first-order chi connectivity index (χ1) is 6.61. The monoisotopic (exact) mass is 190 g/mol. The smallest absolute Gasteiger partial charge is 0.264 e. The van der Waals surface area contributed by atoms with Crippen LogP contribution < -0.4 is 10.4 Å². The number of carbonyl (C=O) groups excluding carboxylic acids is 1. The van der Waals surface area contributed by atoms with Gasteiger partial charge in [-0.05, 0) is 19.1 Å². The van der Waals surface area contributed by atoms with Gasteiger partial charge in [-0.2, -0.15) is 0 Å². The van der Waals surface area contributed by atoms with Crippen molar-refractivity contribution in [3.8, 4) is 0 Å². The number of hydrogen-bond acceptors (Lipinski definition) is 2. The average Bonchev–Trinajstić information content (AvgIpc) is 2.19. The first-order valence-corrected chi connectivity index (χ1v) is 4.36. The fraction of sp³-hybridized carbons (Fsp3) is 0.182. The summed E-state index contributed by atoms with van der Waals surface area (Å²) in [6, 6.07) is 9.59. The summed E-state index contributed by atoms with van der Waals surface area (Å²) < 4.78 is 0. The van der Waals surface area contributed by atoms with Crippen LogP contribution in [0.5, 0.6) is 0 Å². The van der Waals surface area contributed by atoms with Crippen LogP contribution in [-0.4, -0.2) is 13.0 Å². The Hall–Kier alpha value is -1.77. The highest BCUT2D eigenvalue weighted by molar-refractivity contribution is 5.93. The highest BCUT2D eigenvalue weighted by Crippen LogP contribution is 2.08. The van der Waals surface area contributed by atoms with Crippen LogP contribution in [0, 0.1) is 0 Å². The van der Waals surface area contributed by atoms with Gasteiger partial charge in [-0.15, -0.1) is 0 Å². The Morgan fingerprint density at radius 3 is 2.43 bits per heavy atom. The van der Waals surface area contributed by atoms with E-state index in [2.05, 4.69) is 12.0 Å². The maximum absolute atomic E-state index is 11.3. The van der Waals surface area contributed by atoms with E-state index in [-0.39, 0.29) is 5.91 Å². The minimum atomic E-state index is -0.170. The van der Waals surface area contributed by atoms with Gasteiger partial charge >= 0.3 is 0 Å². The van der Waals surface area contributed by atoms with E-state index in [1.807, 2.05) is 30.3 Å². The lowest BCUT2D eigenvalue weighted by molar-refractivity contribution is -0.117. The number of hydrogen-bond donors (Lipinski definition) is 1. The van der Waals surface area contributed by atoms with Gasteiger partial charge in [-0.3, -0.25) is 15.2 Å². The lowest BCUT2D eigenvalue weighted by Crippen LogP contribution is -2.39. The third-order valence-corrected chi connectivity index (χ3v) is 1.80. The van der Waals surface area contributed by atoms with Crippen LogP contribution >= 0.6 is 0 Å². The molecule has 0 saturated carbocycles. The normalized spacial score (nSPS) is 9.29. The first-order valence-electron chi connectivity index (χ1n) is 4.36. The number of hydrazine groups is 1. The molecule has 0 atom stereocenters. The minimum absolute atomic E-state index is 0.170. The number of amides is 1. The molecule has 0 aromatic heterocycles. The molecule has 0 bridgehead atoms. The number of carbonyl (C=O) groups is 1. The summed E-state index contributed by atoms with van der Waals surface area (Å²) >= 11 is 0. The zero-order valence-corrected chi connectivity index (χ0v) is 8.45. The van der Waals surface area contributed by atoms with E-state index in [0.29, 0.717) is 5.57 Å². The molecule has 14 heavy (non-hydrogen) atoms. The lowest BCUT2D eigenvalue weighted by Gasteiger charge is -2.19. The molecule has 0 fully saturated rings. The van der Waals surface area contributed by atoms with Gasteiger partial charge in [0, 0.05) is 12.6 Å². The van der Waals surface area contributed by atoms with Crippen molar-refractivity contribution in [1.82, 2.24) is 5.43 Å². The minimum Gasteiger partial charge on any atom is -0.288 e. The third-order valence-electron chi connectivity index (χ3n) is 1.80. The molecule has 1 aromatic carbocycles. The number of para-hydroxylation sites is 1. The zero-order chi connectivity index (χ0) is 10.6. The van der Waals surface area contributed by atoms with Gasteiger partial charge < -0.3 is 0 Å². The molecule has 0 aliphatic heterocycles. The summed E-state index contributed by atoms with van der Waals surface area (Å²) in [6.45, 7) is 5.24. The number of rotatable bonds is 3. The quantitative estimate of drug-likeness (QED) is 0.581. The Bertz CT molecular complexity index is 332. The predicted octanol–water partition coefficient (Wildman–Crippen LogP) is 1.73. The van der Waals surface area contributed by atoms with Crippen molar-refractivity contribution in [3.05, 3.63) is 42.5 Å². The molecule has 3 heteroatoms. The van der Waals surface area contributed by atoms with Crippen LogP contribution in [0.25, 0.3) is 0 Å². The lowest BCUT2D eigenvalue weighted by atomic mass is 10.3. The van der Waals surface area contributed by atoms with Gasteiger partial charge in [0.1, 0.15) is 0 Å². The van der Waals surface area contributed by atoms with Crippen molar-refractivity contribution in [2.45, 2.75) is 6.92 Å². The summed E-state index contributed by atoms with van der Waals surface area (Å²) in [5.74, 6) is -0.170. The Morgan fingerprint density at radius 2 is 1.93 bits per heavy atom. The van der Waals surface area contributed by atoms with Gasteiger partial charge in [0.05, 0.1) is 5.69 Å². The molecule has 0 unspecified atom stereocenters. The van der Waals surface area contributed by atoms with Gasteiger partial charge in [-0.1, -0.05) is 24.8 Å². The molecule has 1 N–H and O–H groups in total. The Kier molecular flexibility index (Phi) is 3.29. The second-order valence-electron chi connectivity index (χ2n) is 3.12. The summed E-state index contributed by atoms with van der Waals surface area (Å²) in [5.41, 5.74) is 4.12. The standard InChI is InChI=1S/C11H14N2O/c1-9(2)11(14)12-13(3)10-7-5-4-6-8-10/h4-8H,1H2,2-3H3,(H,12,14). The summed E-state index contributed by atoms with van der Waals surface area (Å²) in [5, 5.41) is 1.66. The summed E-state index contributed by atoms with van der Waals surface area (Å²) in [4.78, 5) is 11.3. The zero-order valence-electron chi connectivity index (χ0n) is 8.45. The number of anilines is 1. The van der Waals surface area contributed by atoms with Crippen LogP contribution in [0.2, 0.25) is 0 Å². The van der Waals surface area contributed by atoms with E-state index >= 15 is 0 Å². The van der Waals surface area contributed by atoms with Crippen LogP contribution in [0.15, 0.2) is 42.5 Å². The van der Waals surface area contributed by atoms with Crippen LogP contribution in [0.3, 0.4) is 0 Å². The summed E-state index contributed by atoms with van der Waals surface area (Å²) in [6.07, 6.45) is 0. The van der Waals surface area contributed by atoms with Crippen LogP contribution in [0.4, 0.5) is 5.69 Å². The van der Waals surface area contributed by atoms with Crippen molar-refractivity contribution in [2.24, 2.45) is 0 Å². The molecule has 1 rings (SSSR count). The molecule has 0 aliphatic carbocycles. The fourth-order valence-corrected chi connectivity index (χ4v) is 0.964. The molecule has 74 valence electrons. The van der Waals surface area contributed by atoms with E-state index in [4.69, 9.17) is 0 Å². The molecule has 0 aliphatic rings. The second-order valence-corrected chi connectivity index (χ2v) is 3.12. The molecular formula is C11H14N2O. The summed E-state index contributed by atoms with van der Waals surface area (Å²) in [7, 11) is 1.79. The maximum atomic E-state index is 11.3. The van der Waals surface area contributed by atoms with Crippen LogP contribution in [0.1, 0.15) is 6.92 Å².